The van der Waals surface area contributed by atoms with Crippen molar-refractivity contribution in [3.05, 3.63) is 29.0 Å². The third-order valence-corrected chi connectivity index (χ3v) is 3.28. The molecule has 4 heteroatoms. The Balaban J connectivity index is 2.18. The van der Waals surface area contributed by atoms with Gasteiger partial charge in [-0.05, 0) is 25.0 Å². The van der Waals surface area contributed by atoms with Crippen molar-refractivity contribution in [2.24, 2.45) is 0 Å². The molecule has 0 atom stereocenters. The molecule has 0 aliphatic carbocycles. The largest absolute Gasteiger partial charge is 0.383 e. The molecule has 0 aliphatic heterocycles. The fourth-order valence-electron chi connectivity index (χ4n) is 2.00. The number of anilines is 1. The molecular formula is C13H18ClN3. The molecule has 0 spiro atoms. The number of hydrogen-bond donors (Lipinski definition) is 1. The highest BCUT2D eigenvalue weighted by Gasteiger charge is 2.10. The van der Waals surface area contributed by atoms with Crippen LogP contribution in [0.25, 0.3) is 5.65 Å². The molecule has 2 rings (SSSR count). The van der Waals surface area contributed by atoms with Crippen LogP contribution in [0, 0.1) is 0 Å². The zero-order valence-electron chi connectivity index (χ0n) is 10.1. The van der Waals surface area contributed by atoms with Crippen molar-refractivity contribution >= 4 is 23.1 Å². The maximum atomic E-state index is 6.09. The van der Waals surface area contributed by atoms with Crippen LogP contribution in [0.1, 0.15) is 38.3 Å². The van der Waals surface area contributed by atoms with Gasteiger partial charge >= 0.3 is 0 Å². The Kier molecular flexibility index (Phi) is 3.89. The molecule has 17 heavy (non-hydrogen) atoms. The zero-order valence-corrected chi connectivity index (χ0v) is 10.9. The number of fused-ring (bicyclic) bond motifs is 1. The zero-order chi connectivity index (χ0) is 12.3. The summed E-state index contributed by atoms with van der Waals surface area (Å²) < 4.78 is 1.86. The van der Waals surface area contributed by atoms with Crippen LogP contribution in [0.4, 0.5) is 5.82 Å². The molecule has 0 saturated heterocycles. The predicted octanol–water partition coefficient (Wildman–Crippen LogP) is 3.69. The smallest absolute Gasteiger partial charge is 0.157 e. The fourth-order valence-corrected chi connectivity index (χ4v) is 2.21. The number of aryl methyl sites for hydroxylation is 1. The van der Waals surface area contributed by atoms with Gasteiger partial charge in [0.1, 0.15) is 5.82 Å². The van der Waals surface area contributed by atoms with Crippen LogP contribution in [0.3, 0.4) is 0 Å². The third kappa shape index (κ3) is 2.55. The van der Waals surface area contributed by atoms with Crippen molar-refractivity contribution in [3.8, 4) is 0 Å². The van der Waals surface area contributed by atoms with Gasteiger partial charge in [-0.25, -0.2) is 4.98 Å². The molecule has 0 fully saturated rings. The minimum atomic E-state index is 0.652. The average Bonchev–Trinajstić information content (AvgIpc) is 2.65. The Labute approximate surface area is 107 Å². The van der Waals surface area contributed by atoms with Crippen LogP contribution in [0.2, 0.25) is 5.02 Å². The van der Waals surface area contributed by atoms with Crippen LogP contribution in [0.15, 0.2) is 18.3 Å². The van der Waals surface area contributed by atoms with Crippen LogP contribution < -0.4 is 5.73 Å². The number of imidazole rings is 1. The van der Waals surface area contributed by atoms with Crippen LogP contribution in [-0.4, -0.2) is 9.38 Å². The van der Waals surface area contributed by atoms with E-state index in [-0.39, 0.29) is 0 Å². The van der Waals surface area contributed by atoms with E-state index in [2.05, 4.69) is 11.9 Å². The highest BCUT2D eigenvalue weighted by atomic mass is 35.5. The highest BCUT2D eigenvalue weighted by Crippen LogP contribution is 2.22. The van der Waals surface area contributed by atoms with Gasteiger partial charge in [-0.2, -0.15) is 0 Å². The number of nitrogens with two attached hydrogens (primary N) is 1. The van der Waals surface area contributed by atoms with Crippen molar-refractivity contribution < 1.29 is 0 Å². The molecule has 3 nitrogen and oxygen atoms in total. The number of aromatic nitrogens is 2. The summed E-state index contributed by atoms with van der Waals surface area (Å²) in [5, 5.41) is 0.652. The van der Waals surface area contributed by atoms with Gasteiger partial charge in [-0.1, -0.05) is 37.8 Å². The number of nitrogen functional groups attached to an aromatic ring is 1. The molecule has 2 heterocycles. The van der Waals surface area contributed by atoms with E-state index >= 15 is 0 Å². The predicted molar refractivity (Wildman–Crippen MR) is 72.5 cm³/mol. The summed E-state index contributed by atoms with van der Waals surface area (Å²) in [6.07, 6.45) is 7.72. The molecule has 0 aliphatic rings. The van der Waals surface area contributed by atoms with E-state index in [0.717, 1.165) is 30.0 Å². The molecule has 0 saturated carbocycles. The number of nitrogens with zero attached hydrogens (tertiary/aromatic N) is 2. The van der Waals surface area contributed by atoms with E-state index in [9.17, 15) is 0 Å². The lowest BCUT2D eigenvalue weighted by atomic mass is 10.1. The third-order valence-electron chi connectivity index (χ3n) is 2.98. The number of pyridine rings is 1. The molecule has 0 radical (unpaired) electrons. The standard InChI is InChI=1S/C13H18ClN3/c1-2-3-4-5-8-11-12(15)17-9-6-7-10(14)13(17)16-11/h6-7,9H,2-5,8,15H2,1H3. The quantitative estimate of drug-likeness (QED) is 0.824. The molecule has 0 bridgehead atoms. The number of halogens is 1. The molecule has 2 aromatic rings. The first-order chi connectivity index (χ1) is 8.24. The lowest BCUT2D eigenvalue weighted by Crippen LogP contribution is -1.96. The number of hydrogen-bond acceptors (Lipinski definition) is 2. The van der Waals surface area contributed by atoms with Crippen LogP contribution >= 0.6 is 11.6 Å². The van der Waals surface area contributed by atoms with E-state index in [1.165, 1.54) is 19.3 Å². The first-order valence-electron chi connectivity index (χ1n) is 6.15. The van der Waals surface area contributed by atoms with Crippen LogP contribution in [-0.2, 0) is 6.42 Å². The Hall–Kier alpha value is -1.22. The Morgan fingerprint density at radius 3 is 2.88 bits per heavy atom. The summed E-state index contributed by atoms with van der Waals surface area (Å²) in [6.45, 7) is 2.21. The maximum Gasteiger partial charge on any atom is 0.157 e. The van der Waals surface area contributed by atoms with E-state index < -0.39 is 0 Å². The maximum absolute atomic E-state index is 6.09. The second-order valence-corrected chi connectivity index (χ2v) is 4.71. The second kappa shape index (κ2) is 5.41. The summed E-state index contributed by atoms with van der Waals surface area (Å²) in [7, 11) is 0. The van der Waals surface area contributed by atoms with Gasteiger partial charge in [0, 0.05) is 6.20 Å². The fraction of sp³-hybridized carbons (Fsp3) is 0.462. The Bertz CT molecular complexity index is 505. The van der Waals surface area contributed by atoms with Crippen molar-refractivity contribution in [1.82, 2.24) is 9.38 Å². The second-order valence-electron chi connectivity index (χ2n) is 4.30. The van der Waals surface area contributed by atoms with Crippen molar-refractivity contribution in [2.45, 2.75) is 39.0 Å². The molecule has 92 valence electrons. The van der Waals surface area contributed by atoms with Gasteiger partial charge in [-0.15, -0.1) is 0 Å². The SMILES string of the molecule is CCCCCCc1nc2c(Cl)cccn2c1N. The highest BCUT2D eigenvalue weighted by molar-refractivity contribution is 6.33. The van der Waals surface area contributed by atoms with Crippen molar-refractivity contribution in [3.63, 3.8) is 0 Å². The molecule has 0 amide bonds. The molecule has 2 N–H and O–H groups in total. The van der Waals surface area contributed by atoms with Gasteiger partial charge in [0.25, 0.3) is 0 Å². The lowest BCUT2D eigenvalue weighted by molar-refractivity contribution is 0.663. The van der Waals surface area contributed by atoms with Gasteiger partial charge < -0.3 is 5.73 Å². The number of rotatable bonds is 5. The molecule has 0 aromatic carbocycles. The summed E-state index contributed by atoms with van der Waals surface area (Å²) in [4.78, 5) is 4.52. The summed E-state index contributed by atoms with van der Waals surface area (Å²) in [5.41, 5.74) is 7.79. The van der Waals surface area contributed by atoms with Crippen molar-refractivity contribution in [1.29, 1.82) is 0 Å². The first-order valence-corrected chi connectivity index (χ1v) is 6.52. The van der Waals surface area contributed by atoms with Crippen LogP contribution in [0.5, 0.6) is 0 Å². The summed E-state index contributed by atoms with van der Waals surface area (Å²) >= 11 is 6.09. The number of unbranched alkanes of at least 4 members (excludes halogenated alkanes) is 3. The van der Waals surface area contributed by atoms with Gasteiger partial charge in [0.05, 0.1) is 10.7 Å². The van der Waals surface area contributed by atoms with E-state index in [4.69, 9.17) is 17.3 Å². The minimum Gasteiger partial charge on any atom is -0.383 e. The normalized spacial score (nSPS) is 11.2. The van der Waals surface area contributed by atoms with E-state index in [1.54, 1.807) is 0 Å². The van der Waals surface area contributed by atoms with Gasteiger partial charge in [-0.3, -0.25) is 4.40 Å². The Morgan fingerprint density at radius 1 is 1.35 bits per heavy atom. The van der Waals surface area contributed by atoms with E-state index in [1.807, 2.05) is 22.7 Å². The topological polar surface area (TPSA) is 43.3 Å². The Morgan fingerprint density at radius 2 is 2.18 bits per heavy atom. The van der Waals surface area contributed by atoms with E-state index in [0.29, 0.717) is 5.02 Å². The summed E-state index contributed by atoms with van der Waals surface area (Å²) in [5.74, 6) is 0.721. The minimum absolute atomic E-state index is 0.652. The lowest BCUT2D eigenvalue weighted by Gasteiger charge is -1.99. The van der Waals surface area contributed by atoms with Gasteiger partial charge in [0.15, 0.2) is 5.65 Å². The molecular weight excluding hydrogens is 234 g/mol. The average molecular weight is 252 g/mol. The first kappa shape index (κ1) is 12.2. The molecule has 2 aromatic heterocycles. The summed E-state index contributed by atoms with van der Waals surface area (Å²) in [6, 6.07) is 3.72. The van der Waals surface area contributed by atoms with Crippen molar-refractivity contribution in [2.75, 3.05) is 5.73 Å². The van der Waals surface area contributed by atoms with Gasteiger partial charge in [0.2, 0.25) is 0 Å². The molecule has 0 unspecified atom stereocenters. The monoisotopic (exact) mass is 251 g/mol.